The molecule has 4 aliphatic carbocycles. The molecule has 0 aromatic rings. The molecule has 3 heteroatoms. The van der Waals surface area contributed by atoms with Crippen LogP contribution in [0, 0.1) is 28.6 Å². The second-order valence-electron chi connectivity index (χ2n) is 9.32. The minimum atomic E-state index is -0.514. The highest BCUT2D eigenvalue weighted by molar-refractivity contribution is 6.43. The minimum absolute atomic E-state index is 0.0695. The summed E-state index contributed by atoms with van der Waals surface area (Å²) in [4.78, 5) is 12.0. The Morgan fingerprint density at radius 2 is 1.70 bits per heavy atom. The predicted octanol–water partition coefficient (Wildman–Crippen LogP) is 4.84. The maximum atomic E-state index is 12.0. The number of carbonyl (C=O) groups is 1. The van der Waals surface area contributed by atoms with E-state index in [1.54, 1.807) is 0 Å². The molecule has 0 unspecified atom stereocenters. The standard InChI is InChI=1S/C20H29ClO2/c1-18-9-8-16(22)17(21)15(18)5-4-12-13(18)6-10-19(2)14(12)7-11-20(19,3)23/h12-14,23H,4-11H2,1-3H3/t12-,13+,14+,18-,19-,20+/m1/s1. The largest absolute Gasteiger partial charge is 0.390 e. The van der Waals surface area contributed by atoms with Gasteiger partial charge in [-0.3, -0.25) is 4.79 Å². The number of aliphatic hydroxyl groups is 1. The molecule has 0 aromatic heterocycles. The molecule has 4 aliphatic rings. The van der Waals surface area contributed by atoms with Crippen molar-refractivity contribution in [2.24, 2.45) is 28.6 Å². The number of halogens is 1. The van der Waals surface area contributed by atoms with E-state index >= 15 is 0 Å². The molecular formula is C20H29ClO2. The van der Waals surface area contributed by atoms with Crippen molar-refractivity contribution in [1.29, 1.82) is 0 Å². The zero-order valence-electron chi connectivity index (χ0n) is 14.6. The lowest BCUT2D eigenvalue weighted by atomic mass is 9.46. The molecule has 1 N–H and O–H groups in total. The van der Waals surface area contributed by atoms with Gasteiger partial charge in [-0.05, 0) is 86.0 Å². The molecule has 23 heavy (non-hydrogen) atoms. The number of ketones is 1. The molecule has 0 spiro atoms. The monoisotopic (exact) mass is 336 g/mol. The highest BCUT2D eigenvalue weighted by Crippen LogP contribution is 2.67. The normalized spacial score (nSPS) is 52.9. The van der Waals surface area contributed by atoms with Gasteiger partial charge >= 0.3 is 0 Å². The van der Waals surface area contributed by atoms with Crippen molar-refractivity contribution in [2.75, 3.05) is 0 Å². The number of hydrogen-bond acceptors (Lipinski definition) is 2. The zero-order chi connectivity index (χ0) is 16.6. The Morgan fingerprint density at radius 3 is 2.43 bits per heavy atom. The summed E-state index contributed by atoms with van der Waals surface area (Å²) < 4.78 is 0. The predicted molar refractivity (Wildman–Crippen MR) is 92.1 cm³/mol. The molecule has 0 radical (unpaired) electrons. The maximum absolute atomic E-state index is 12.0. The van der Waals surface area contributed by atoms with E-state index in [9.17, 15) is 9.90 Å². The Morgan fingerprint density at radius 1 is 1.00 bits per heavy atom. The van der Waals surface area contributed by atoms with Crippen molar-refractivity contribution in [3.05, 3.63) is 10.6 Å². The molecule has 3 saturated carbocycles. The quantitative estimate of drug-likeness (QED) is 0.687. The third-order valence-corrected chi connectivity index (χ3v) is 9.05. The van der Waals surface area contributed by atoms with Crippen LogP contribution >= 0.6 is 11.6 Å². The molecular weight excluding hydrogens is 308 g/mol. The first-order valence-electron chi connectivity index (χ1n) is 9.35. The van der Waals surface area contributed by atoms with E-state index in [0.29, 0.717) is 29.2 Å². The van der Waals surface area contributed by atoms with E-state index < -0.39 is 5.60 Å². The van der Waals surface area contributed by atoms with Gasteiger partial charge in [0.05, 0.1) is 10.6 Å². The summed E-state index contributed by atoms with van der Waals surface area (Å²) in [6.45, 7) is 6.75. The van der Waals surface area contributed by atoms with E-state index in [2.05, 4.69) is 20.8 Å². The molecule has 0 aromatic carbocycles. The highest BCUT2D eigenvalue weighted by Gasteiger charge is 2.62. The molecule has 6 atom stereocenters. The summed E-state index contributed by atoms with van der Waals surface area (Å²) in [7, 11) is 0. The van der Waals surface area contributed by atoms with Crippen LogP contribution in [0.25, 0.3) is 0 Å². The number of hydrogen-bond donors (Lipinski definition) is 1. The second kappa shape index (κ2) is 4.85. The van der Waals surface area contributed by atoms with Crippen LogP contribution in [-0.4, -0.2) is 16.5 Å². The molecule has 0 heterocycles. The van der Waals surface area contributed by atoms with Crippen LogP contribution in [0.2, 0.25) is 0 Å². The number of Topliss-reactive ketones (excluding diaryl/α,β-unsaturated/α-hetero) is 1. The second-order valence-corrected chi connectivity index (χ2v) is 9.70. The van der Waals surface area contributed by atoms with Crippen LogP contribution in [0.4, 0.5) is 0 Å². The average molecular weight is 337 g/mol. The van der Waals surface area contributed by atoms with Crippen molar-refractivity contribution >= 4 is 17.4 Å². The van der Waals surface area contributed by atoms with Gasteiger partial charge < -0.3 is 5.11 Å². The fraction of sp³-hybridized carbons (Fsp3) is 0.850. The van der Waals surface area contributed by atoms with E-state index in [1.165, 1.54) is 12.0 Å². The SMILES string of the molecule is C[C@]12CCC(=O)C(Cl)=C1CC[C@@H]1[C@@H]2CC[C@]2(C)[C@H]1CC[C@]2(C)O. The lowest BCUT2D eigenvalue weighted by Crippen LogP contribution is -2.54. The summed E-state index contributed by atoms with van der Waals surface area (Å²) >= 11 is 6.44. The first-order chi connectivity index (χ1) is 10.7. The van der Waals surface area contributed by atoms with Gasteiger partial charge in [0.25, 0.3) is 0 Å². The van der Waals surface area contributed by atoms with E-state index in [-0.39, 0.29) is 16.6 Å². The van der Waals surface area contributed by atoms with E-state index in [1.807, 2.05) is 0 Å². The lowest BCUT2D eigenvalue weighted by Gasteiger charge is -2.59. The van der Waals surface area contributed by atoms with Crippen LogP contribution in [0.15, 0.2) is 10.6 Å². The van der Waals surface area contributed by atoms with Gasteiger partial charge in [-0.15, -0.1) is 0 Å². The molecule has 128 valence electrons. The molecule has 0 amide bonds. The number of allylic oxidation sites excluding steroid dienone is 1. The number of fused-ring (bicyclic) bond motifs is 5. The van der Waals surface area contributed by atoms with Gasteiger partial charge in [0.2, 0.25) is 0 Å². The van der Waals surface area contributed by atoms with Crippen molar-refractivity contribution in [1.82, 2.24) is 0 Å². The summed E-state index contributed by atoms with van der Waals surface area (Å²) in [5.74, 6) is 2.11. The zero-order valence-corrected chi connectivity index (χ0v) is 15.4. The molecule has 2 nitrogen and oxygen atoms in total. The fourth-order valence-corrected chi connectivity index (χ4v) is 7.30. The average Bonchev–Trinajstić information content (AvgIpc) is 2.74. The Kier molecular flexibility index (Phi) is 3.40. The Hall–Kier alpha value is -0.340. The number of rotatable bonds is 0. The highest BCUT2D eigenvalue weighted by atomic mass is 35.5. The van der Waals surface area contributed by atoms with Crippen molar-refractivity contribution in [2.45, 2.75) is 77.7 Å². The smallest absolute Gasteiger partial charge is 0.174 e. The maximum Gasteiger partial charge on any atom is 0.174 e. The van der Waals surface area contributed by atoms with E-state index in [4.69, 9.17) is 11.6 Å². The lowest BCUT2D eigenvalue weighted by molar-refractivity contribution is -0.124. The molecule has 0 saturated heterocycles. The van der Waals surface area contributed by atoms with Crippen LogP contribution in [0.3, 0.4) is 0 Å². The van der Waals surface area contributed by atoms with Crippen LogP contribution in [0.5, 0.6) is 0 Å². The first-order valence-corrected chi connectivity index (χ1v) is 9.73. The fourth-order valence-electron chi connectivity index (χ4n) is 6.89. The molecule has 3 fully saturated rings. The van der Waals surface area contributed by atoms with Crippen LogP contribution in [-0.2, 0) is 4.79 Å². The summed E-state index contributed by atoms with van der Waals surface area (Å²) in [6.07, 6.45) is 8.10. The molecule has 4 rings (SSSR count). The third-order valence-electron chi connectivity index (χ3n) is 8.62. The minimum Gasteiger partial charge on any atom is -0.390 e. The third kappa shape index (κ3) is 1.94. The van der Waals surface area contributed by atoms with Gasteiger partial charge in [-0.1, -0.05) is 25.4 Å². The van der Waals surface area contributed by atoms with Gasteiger partial charge in [0, 0.05) is 6.42 Å². The summed E-state index contributed by atoms with van der Waals surface area (Å²) in [6, 6.07) is 0. The van der Waals surface area contributed by atoms with Gasteiger partial charge in [-0.25, -0.2) is 0 Å². The Labute approximate surface area is 144 Å². The summed E-state index contributed by atoms with van der Waals surface area (Å²) in [5.41, 5.74) is 0.925. The van der Waals surface area contributed by atoms with E-state index in [0.717, 1.165) is 38.5 Å². The van der Waals surface area contributed by atoms with Crippen LogP contribution in [0.1, 0.15) is 72.1 Å². The van der Waals surface area contributed by atoms with Crippen molar-refractivity contribution in [3.63, 3.8) is 0 Å². The van der Waals surface area contributed by atoms with Gasteiger partial charge in [-0.2, -0.15) is 0 Å². The van der Waals surface area contributed by atoms with Crippen molar-refractivity contribution in [3.8, 4) is 0 Å². The molecule has 0 aliphatic heterocycles. The first kappa shape index (κ1) is 16.1. The Balaban J connectivity index is 1.72. The molecule has 0 bridgehead atoms. The van der Waals surface area contributed by atoms with Gasteiger partial charge in [0.1, 0.15) is 0 Å². The van der Waals surface area contributed by atoms with Crippen molar-refractivity contribution < 1.29 is 9.90 Å². The van der Waals surface area contributed by atoms with Gasteiger partial charge in [0.15, 0.2) is 5.78 Å². The summed E-state index contributed by atoms with van der Waals surface area (Å²) in [5, 5.41) is 11.5. The van der Waals surface area contributed by atoms with Crippen LogP contribution < -0.4 is 0 Å². The topological polar surface area (TPSA) is 37.3 Å². The number of carbonyl (C=O) groups excluding carboxylic acids is 1. The Bertz CT molecular complexity index is 592.